The molecule has 0 spiro atoms. The Bertz CT molecular complexity index is 352. The Morgan fingerprint density at radius 1 is 1.11 bits per heavy atom. The predicted octanol–water partition coefficient (Wildman–Crippen LogP) is 1.80. The number of benzene rings is 1. The minimum absolute atomic E-state index is 0.372. The van der Waals surface area contributed by atoms with Gasteiger partial charge in [0.05, 0.1) is 19.8 Å². The average molecular weight is 274 g/mol. The van der Waals surface area contributed by atoms with E-state index in [-0.39, 0.29) is 0 Å². The first-order valence-corrected chi connectivity index (χ1v) is 6.79. The van der Waals surface area contributed by atoms with Crippen molar-refractivity contribution in [1.82, 2.24) is 0 Å². The van der Waals surface area contributed by atoms with Crippen molar-refractivity contribution in [3.63, 3.8) is 0 Å². The SMILES string of the molecule is CCOCCOCCc1ccc(OS(=O)O)cc1. The molecule has 1 N–H and O–H groups in total. The Morgan fingerprint density at radius 3 is 2.39 bits per heavy atom. The lowest BCUT2D eigenvalue weighted by Gasteiger charge is -2.05. The van der Waals surface area contributed by atoms with Crippen molar-refractivity contribution in [3.05, 3.63) is 29.8 Å². The molecule has 0 aromatic heterocycles. The second-order valence-electron chi connectivity index (χ2n) is 3.50. The van der Waals surface area contributed by atoms with Crippen molar-refractivity contribution in [2.45, 2.75) is 13.3 Å². The van der Waals surface area contributed by atoms with E-state index in [0.717, 1.165) is 12.0 Å². The zero-order valence-corrected chi connectivity index (χ0v) is 11.1. The van der Waals surface area contributed by atoms with E-state index in [1.807, 2.05) is 19.1 Å². The third-order valence-electron chi connectivity index (χ3n) is 2.20. The van der Waals surface area contributed by atoms with E-state index in [0.29, 0.717) is 32.2 Å². The summed E-state index contributed by atoms with van der Waals surface area (Å²) in [6, 6.07) is 7.00. The molecule has 0 saturated carbocycles. The topological polar surface area (TPSA) is 65.0 Å². The average Bonchev–Trinajstić information content (AvgIpc) is 2.35. The second-order valence-corrected chi connectivity index (χ2v) is 4.10. The van der Waals surface area contributed by atoms with Crippen LogP contribution in [0.5, 0.6) is 5.75 Å². The second kappa shape index (κ2) is 9.04. The van der Waals surface area contributed by atoms with Gasteiger partial charge in [-0.25, -0.2) is 0 Å². The Labute approximate surface area is 110 Å². The Balaban J connectivity index is 2.20. The van der Waals surface area contributed by atoms with E-state index in [1.54, 1.807) is 12.1 Å². The lowest BCUT2D eigenvalue weighted by molar-refractivity contribution is 0.0541. The summed E-state index contributed by atoms with van der Waals surface area (Å²) < 4.78 is 34.1. The van der Waals surface area contributed by atoms with Crippen molar-refractivity contribution in [1.29, 1.82) is 0 Å². The molecule has 0 bridgehead atoms. The Morgan fingerprint density at radius 2 is 1.78 bits per heavy atom. The maximum atomic E-state index is 10.4. The fourth-order valence-electron chi connectivity index (χ4n) is 1.35. The molecule has 5 nitrogen and oxygen atoms in total. The van der Waals surface area contributed by atoms with Gasteiger partial charge in [-0.1, -0.05) is 12.1 Å². The fraction of sp³-hybridized carbons (Fsp3) is 0.500. The lowest BCUT2D eigenvalue weighted by atomic mass is 10.1. The number of hydrogen-bond donors (Lipinski definition) is 1. The molecule has 1 aromatic rings. The molecule has 0 saturated heterocycles. The van der Waals surface area contributed by atoms with Gasteiger partial charge in [0.1, 0.15) is 5.75 Å². The normalized spacial score (nSPS) is 12.3. The lowest BCUT2D eigenvalue weighted by Crippen LogP contribution is -2.06. The summed E-state index contributed by atoms with van der Waals surface area (Å²) in [5.41, 5.74) is 1.09. The molecule has 0 fully saturated rings. The minimum atomic E-state index is -2.27. The maximum Gasteiger partial charge on any atom is 0.357 e. The van der Waals surface area contributed by atoms with Crippen molar-refractivity contribution < 1.29 is 22.4 Å². The van der Waals surface area contributed by atoms with Gasteiger partial charge in [0.2, 0.25) is 0 Å². The molecule has 102 valence electrons. The van der Waals surface area contributed by atoms with E-state index in [9.17, 15) is 4.21 Å². The molecule has 6 heteroatoms. The quantitative estimate of drug-likeness (QED) is 0.549. The molecule has 0 aliphatic carbocycles. The van der Waals surface area contributed by atoms with Crippen molar-refractivity contribution in [2.24, 2.45) is 0 Å². The van der Waals surface area contributed by atoms with Crippen LogP contribution in [-0.4, -0.2) is 35.2 Å². The molecule has 0 aliphatic heterocycles. The van der Waals surface area contributed by atoms with Crippen LogP contribution in [0.4, 0.5) is 0 Å². The summed E-state index contributed by atoms with van der Waals surface area (Å²) in [4.78, 5) is 0. The molecular formula is C12H18O5S. The van der Waals surface area contributed by atoms with Gasteiger partial charge in [0.25, 0.3) is 0 Å². The molecule has 1 rings (SSSR count). The summed E-state index contributed by atoms with van der Waals surface area (Å²) in [7, 11) is 0. The van der Waals surface area contributed by atoms with E-state index in [4.69, 9.17) is 14.0 Å². The Hall–Kier alpha value is -0.950. The first-order chi connectivity index (χ1) is 8.72. The van der Waals surface area contributed by atoms with Crippen molar-refractivity contribution in [2.75, 3.05) is 26.4 Å². The van der Waals surface area contributed by atoms with Crippen LogP contribution >= 0.6 is 0 Å². The van der Waals surface area contributed by atoms with Crippen LogP contribution < -0.4 is 4.18 Å². The van der Waals surface area contributed by atoms with Gasteiger partial charge in [-0.3, -0.25) is 4.55 Å². The summed E-state index contributed by atoms with van der Waals surface area (Å²) in [6.07, 6.45) is 0.786. The third kappa shape index (κ3) is 6.70. The molecule has 18 heavy (non-hydrogen) atoms. The summed E-state index contributed by atoms with van der Waals surface area (Å²) in [5, 5.41) is 0. The van der Waals surface area contributed by atoms with Crippen LogP contribution in [-0.2, 0) is 27.3 Å². The summed E-state index contributed by atoms with van der Waals surface area (Å²) in [6.45, 7) is 4.49. The van der Waals surface area contributed by atoms with E-state index in [1.165, 1.54) is 0 Å². The monoisotopic (exact) mass is 274 g/mol. The molecular weight excluding hydrogens is 256 g/mol. The Kier molecular flexibility index (Phi) is 7.59. The van der Waals surface area contributed by atoms with Gasteiger partial charge in [-0.2, -0.15) is 4.21 Å². The van der Waals surface area contributed by atoms with Crippen molar-refractivity contribution >= 4 is 11.4 Å². The van der Waals surface area contributed by atoms with Gasteiger partial charge >= 0.3 is 11.4 Å². The van der Waals surface area contributed by atoms with Crippen molar-refractivity contribution in [3.8, 4) is 5.75 Å². The van der Waals surface area contributed by atoms with E-state index in [2.05, 4.69) is 4.18 Å². The zero-order valence-electron chi connectivity index (χ0n) is 10.3. The molecule has 0 aliphatic rings. The van der Waals surface area contributed by atoms with Gasteiger partial charge in [0, 0.05) is 6.61 Å². The predicted molar refractivity (Wildman–Crippen MR) is 68.9 cm³/mol. The zero-order chi connectivity index (χ0) is 13.2. The van der Waals surface area contributed by atoms with Gasteiger partial charge in [0.15, 0.2) is 0 Å². The standard InChI is InChI=1S/C12H18O5S/c1-2-15-9-10-16-8-7-11-3-5-12(6-4-11)17-18(13)14/h3-6H,2,7-10H2,1H3,(H,13,14). The molecule has 1 aromatic carbocycles. The first kappa shape index (κ1) is 15.1. The van der Waals surface area contributed by atoms with E-state index >= 15 is 0 Å². The van der Waals surface area contributed by atoms with Crippen LogP contribution in [0.3, 0.4) is 0 Å². The highest BCUT2D eigenvalue weighted by Gasteiger charge is 1.99. The van der Waals surface area contributed by atoms with Gasteiger partial charge in [-0.15, -0.1) is 0 Å². The number of rotatable bonds is 9. The highest BCUT2D eigenvalue weighted by atomic mass is 32.2. The smallest absolute Gasteiger partial charge is 0.357 e. The molecule has 1 unspecified atom stereocenters. The molecule has 0 heterocycles. The number of ether oxygens (including phenoxy) is 2. The van der Waals surface area contributed by atoms with Crippen LogP contribution in [0.2, 0.25) is 0 Å². The largest absolute Gasteiger partial charge is 0.380 e. The maximum absolute atomic E-state index is 10.4. The minimum Gasteiger partial charge on any atom is -0.380 e. The van der Waals surface area contributed by atoms with E-state index < -0.39 is 11.4 Å². The highest BCUT2D eigenvalue weighted by molar-refractivity contribution is 7.74. The van der Waals surface area contributed by atoms with Crippen LogP contribution in [0.25, 0.3) is 0 Å². The molecule has 0 radical (unpaired) electrons. The van der Waals surface area contributed by atoms with Gasteiger partial charge in [-0.05, 0) is 31.0 Å². The van der Waals surface area contributed by atoms with Crippen LogP contribution in [0.1, 0.15) is 12.5 Å². The first-order valence-electron chi connectivity index (χ1n) is 5.76. The summed E-state index contributed by atoms with van der Waals surface area (Å²) in [5.74, 6) is 0.372. The van der Waals surface area contributed by atoms with Crippen LogP contribution in [0, 0.1) is 0 Å². The molecule has 0 amide bonds. The van der Waals surface area contributed by atoms with Crippen LogP contribution in [0.15, 0.2) is 24.3 Å². The fourth-order valence-corrected chi connectivity index (χ4v) is 1.62. The highest BCUT2D eigenvalue weighted by Crippen LogP contribution is 2.13. The van der Waals surface area contributed by atoms with Gasteiger partial charge < -0.3 is 13.7 Å². The third-order valence-corrected chi connectivity index (χ3v) is 2.54. The summed E-state index contributed by atoms with van der Waals surface area (Å²) >= 11 is -2.27. The molecule has 1 atom stereocenters. The number of hydrogen-bond acceptors (Lipinski definition) is 4.